The van der Waals surface area contributed by atoms with Gasteiger partial charge < -0.3 is 10.3 Å². The van der Waals surface area contributed by atoms with Crippen molar-refractivity contribution in [2.45, 2.75) is 26.3 Å². The van der Waals surface area contributed by atoms with Crippen LogP contribution in [-0.2, 0) is 6.42 Å². The summed E-state index contributed by atoms with van der Waals surface area (Å²) in [5, 5.41) is 12.7. The second-order valence-electron chi connectivity index (χ2n) is 5.50. The molecule has 0 aliphatic carbocycles. The lowest BCUT2D eigenvalue weighted by Crippen LogP contribution is -2.32. The molecule has 0 spiro atoms. The summed E-state index contributed by atoms with van der Waals surface area (Å²) in [6, 6.07) is 10.2. The molecule has 106 valence electrons. The number of benzene rings is 1. The topological polar surface area (TPSA) is 68.7 Å². The molecule has 4 nitrogen and oxygen atoms in total. The molecule has 1 aromatic carbocycles. The molecule has 1 aromatic heterocycles. The molecule has 1 atom stereocenters. The van der Waals surface area contributed by atoms with Gasteiger partial charge in [0.05, 0.1) is 0 Å². The van der Waals surface area contributed by atoms with E-state index in [4.69, 9.17) is 0 Å². The van der Waals surface area contributed by atoms with Crippen LogP contribution in [0.1, 0.15) is 35.3 Å². The van der Waals surface area contributed by atoms with Gasteiger partial charge in [0.1, 0.15) is 11.6 Å². The first-order valence-electron chi connectivity index (χ1n) is 7.11. The quantitative estimate of drug-likeness (QED) is 0.842. The summed E-state index contributed by atoms with van der Waals surface area (Å²) < 4.78 is 0. The minimum atomic E-state index is -0.303. The molecule has 0 bridgehead atoms. The molecular weight excluding hydrogens is 262 g/mol. The average Bonchev–Trinajstić information content (AvgIpc) is 2.48. The third kappa shape index (κ3) is 2.26. The summed E-state index contributed by atoms with van der Waals surface area (Å²) in [7, 11) is 0. The Kier molecular flexibility index (Phi) is 3.36. The predicted octanol–water partition coefficient (Wildman–Crippen LogP) is 2.43. The number of aryl methyl sites for hydroxylation is 1. The summed E-state index contributed by atoms with van der Waals surface area (Å²) in [5.41, 5.74) is 4.79. The Hall–Kier alpha value is -2.38. The molecule has 2 N–H and O–H groups in total. The van der Waals surface area contributed by atoms with Gasteiger partial charge in [-0.1, -0.05) is 29.8 Å². The summed E-state index contributed by atoms with van der Waals surface area (Å²) in [4.78, 5) is 15.1. The molecule has 0 fully saturated rings. The van der Waals surface area contributed by atoms with Crippen molar-refractivity contribution in [3.8, 4) is 17.2 Å². The van der Waals surface area contributed by atoms with E-state index in [9.17, 15) is 10.1 Å². The van der Waals surface area contributed by atoms with Crippen LogP contribution in [0, 0.1) is 18.3 Å². The van der Waals surface area contributed by atoms with E-state index in [1.807, 2.05) is 38.1 Å². The van der Waals surface area contributed by atoms with Crippen molar-refractivity contribution in [3.63, 3.8) is 0 Å². The molecule has 2 aromatic rings. The number of aromatic nitrogens is 1. The second kappa shape index (κ2) is 5.19. The SMILES string of the molecule is Cc1ccc(-c2c3c([nH]c(=O)c2C#N)C(C)NCC3)cc1. The van der Waals surface area contributed by atoms with Crippen molar-refractivity contribution in [1.82, 2.24) is 10.3 Å². The number of hydrogen-bond acceptors (Lipinski definition) is 3. The van der Waals surface area contributed by atoms with Crippen LogP contribution in [0.2, 0.25) is 0 Å². The van der Waals surface area contributed by atoms with Gasteiger partial charge >= 0.3 is 0 Å². The molecule has 1 aliphatic heterocycles. The van der Waals surface area contributed by atoms with Crippen LogP contribution in [0.25, 0.3) is 11.1 Å². The Morgan fingerprint density at radius 3 is 2.67 bits per heavy atom. The zero-order valence-corrected chi connectivity index (χ0v) is 12.2. The zero-order chi connectivity index (χ0) is 15.0. The van der Waals surface area contributed by atoms with Gasteiger partial charge in [0, 0.05) is 17.3 Å². The van der Waals surface area contributed by atoms with Crippen molar-refractivity contribution in [2.75, 3.05) is 6.54 Å². The maximum atomic E-state index is 12.2. The summed E-state index contributed by atoms with van der Waals surface area (Å²) in [6.45, 7) is 4.90. The number of nitrogens with zero attached hydrogens (tertiary/aromatic N) is 1. The van der Waals surface area contributed by atoms with Crippen LogP contribution in [0.5, 0.6) is 0 Å². The highest BCUT2D eigenvalue weighted by atomic mass is 16.1. The van der Waals surface area contributed by atoms with Gasteiger partial charge in [-0.15, -0.1) is 0 Å². The fourth-order valence-electron chi connectivity index (χ4n) is 2.95. The first-order valence-corrected chi connectivity index (χ1v) is 7.11. The third-order valence-electron chi connectivity index (χ3n) is 4.06. The number of aromatic amines is 1. The molecule has 21 heavy (non-hydrogen) atoms. The minimum Gasteiger partial charge on any atom is -0.323 e. The minimum absolute atomic E-state index is 0.0957. The van der Waals surface area contributed by atoms with Crippen molar-refractivity contribution in [2.24, 2.45) is 0 Å². The van der Waals surface area contributed by atoms with E-state index in [0.29, 0.717) is 0 Å². The number of rotatable bonds is 1. The van der Waals surface area contributed by atoms with Gasteiger partial charge in [-0.25, -0.2) is 0 Å². The number of nitriles is 1. The maximum Gasteiger partial charge on any atom is 0.266 e. The lowest BCUT2D eigenvalue weighted by molar-refractivity contribution is 0.525. The highest BCUT2D eigenvalue weighted by Crippen LogP contribution is 2.32. The Morgan fingerprint density at radius 2 is 2.00 bits per heavy atom. The van der Waals surface area contributed by atoms with Gasteiger partial charge in [0.25, 0.3) is 5.56 Å². The standard InChI is InChI=1S/C17H17N3O/c1-10-3-5-12(6-4-10)15-13-7-8-19-11(2)16(13)20-17(21)14(15)9-18/h3-6,11,19H,7-8H2,1-2H3,(H,20,21). The first kappa shape index (κ1) is 13.6. The molecule has 1 unspecified atom stereocenters. The molecular formula is C17H17N3O. The van der Waals surface area contributed by atoms with Crippen LogP contribution in [0.3, 0.4) is 0 Å². The highest BCUT2D eigenvalue weighted by molar-refractivity contribution is 5.74. The average molecular weight is 279 g/mol. The van der Waals surface area contributed by atoms with Crippen LogP contribution in [0.15, 0.2) is 29.1 Å². The molecule has 0 saturated carbocycles. The Balaban J connectivity index is 2.34. The molecule has 3 rings (SSSR count). The predicted molar refractivity (Wildman–Crippen MR) is 82.1 cm³/mol. The fourth-order valence-corrected chi connectivity index (χ4v) is 2.95. The first-order chi connectivity index (χ1) is 10.1. The van der Waals surface area contributed by atoms with Crippen molar-refractivity contribution in [1.29, 1.82) is 5.26 Å². The lowest BCUT2D eigenvalue weighted by Gasteiger charge is -2.26. The van der Waals surface area contributed by atoms with Crippen molar-refractivity contribution >= 4 is 0 Å². The van der Waals surface area contributed by atoms with Crippen LogP contribution < -0.4 is 10.9 Å². The van der Waals surface area contributed by atoms with Gasteiger partial charge in [0.15, 0.2) is 0 Å². The summed E-state index contributed by atoms with van der Waals surface area (Å²) >= 11 is 0. The highest BCUT2D eigenvalue weighted by Gasteiger charge is 2.24. The Morgan fingerprint density at radius 1 is 1.29 bits per heavy atom. The molecule has 1 aliphatic rings. The second-order valence-corrected chi connectivity index (χ2v) is 5.50. The monoisotopic (exact) mass is 279 g/mol. The molecule has 2 heterocycles. The van der Waals surface area contributed by atoms with Crippen molar-refractivity contribution < 1.29 is 0 Å². The summed E-state index contributed by atoms with van der Waals surface area (Å²) in [6.07, 6.45) is 0.814. The smallest absolute Gasteiger partial charge is 0.266 e. The van der Waals surface area contributed by atoms with E-state index < -0.39 is 0 Å². The normalized spacial score (nSPS) is 17.1. The molecule has 0 amide bonds. The lowest BCUT2D eigenvalue weighted by atomic mass is 9.89. The van der Waals surface area contributed by atoms with E-state index in [1.165, 1.54) is 0 Å². The number of pyridine rings is 1. The number of nitrogens with one attached hydrogen (secondary N) is 2. The molecule has 0 saturated heterocycles. The van der Waals surface area contributed by atoms with E-state index in [2.05, 4.69) is 16.4 Å². The summed E-state index contributed by atoms with van der Waals surface area (Å²) in [5.74, 6) is 0. The zero-order valence-electron chi connectivity index (χ0n) is 12.2. The van der Waals surface area contributed by atoms with E-state index in [-0.39, 0.29) is 17.2 Å². The molecule has 4 heteroatoms. The molecule has 0 radical (unpaired) electrons. The number of H-pyrrole nitrogens is 1. The number of hydrogen-bond donors (Lipinski definition) is 2. The third-order valence-corrected chi connectivity index (χ3v) is 4.06. The van der Waals surface area contributed by atoms with Crippen LogP contribution in [-0.4, -0.2) is 11.5 Å². The Bertz CT molecular complexity index is 781. The van der Waals surface area contributed by atoms with Gasteiger partial charge in [-0.05, 0) is 37.9 Å². The van der Waals surface area contributed by atoms with Gasteiger partial charge in [-0.3, -0.25) is 4.79 Å². The Labute approximate surface area is 123 Å². The maximum absolute atomic E-state index is 12.2. The largest absolute Gasteiger partial charge is 0.323 e. The number of fused-ring (bicyclic) bond motifs is 1. The fraction of sp³-hybridized carbons (Fsp3) is 0.294. The van der Waals surface area contributed by atoms with E-state index in [1.54, 1.807) is 0 Å². The van der Waals surface area contributed by atoms with Crippen LogP contribution in [0.4, 0.5) is 0 Å². The van der Waals surface area contributed by atoms with Gasteiger partial charge in [0.2, 0.25) is 0 Å². The van der Waals surface area contributed by atoms with Crippen LogP contribution >= 0.6 is 0 Å². The van der Waals surface area contributed by atoms with E-state index >= 15 is 0 Å². The van der Waals surface area contributed by atoms with Crippen molar-refractivity contribution in [3.05, 3.63) is 57.0 Å². The van der Waals surface area contributed by atoms with E-state index in [0.717, 1.165) is 40.9 Å². The van der Waals surface area contributed by atoms with Gasteiger partial charge in [-0.2, -0.15) is 5.26 Å².